The highest BCUT2D eigenvalue weighted by molar-refractivity contribution is 5.81. The van der Waals surface area contributed by atoms with Gasteiger partial charge in [0.15, 0.2) is 17.8 Å². The molecule has 0 radical (unpaired) electrons. The molecule has 0 spiro atoms. The van der Waals surface area contributed by atoms with Crippen LogP contribution in [-0.2, 0) is 0 Å². The maximum atomic E-state index is 11.1. The Hall–Kier alpha value is -2.49. The molecule has 22 heavy (non-hydrogen) atoms. The van der Waals surface area contributed by atoms with Gasteiger partial charge in [0.1, 0.15) is 19.0 Å². The Balaban J connectivity index is 1.97. The third-order valence-corrected chi connectivity index (χ3v) is 3.29. The van der Waals surface area contributed by atoms with Gasteiger partial charge in [0.2, 0.25) is 0 Å². The quantitative estimate of drug-likeness (QED) is 0.579. The predicted molar refractivity (Wildman–Crippen MR) is 85.3 cm³/mol. The Morgan fingerprint density at radius 2 is 1.77 bits per heavy atom. The van der Waals surface area contributed by atoms with Crippen LogP contribution < -0.4 is 14.2 Å². The van der Waals surface area contributed by atoms with Crippen LogP contribution in [0.25, 0.3) is 0 Å². The maximum absolute atomic E-state index is 11.1. The van der Waals surface area contributed by atoms with Crippen LogP contribution in [0, 0.1) is 13.8 Å². The molecular weight excluding hydrogens is 280 g/mol. The van der Waals surface area contributed by atoms with E-state index < -0.39 is 0 Å². The van der Waals surface area contributed by atoms with Crippen molar-refractivity contribution in [2.75, 3.05) is 20.3 Å². The summed E-state index contributed by atoms with van der Waals surface area (Å²) in [6.45, 7) is 4.74. The molecule has 0 unspecified atom stereocenters. The lowest BCUT2D eigenvalue weighted by Gasteiger charge is -2.14. The minimum absolute atomic E-state index is 0.328. The zero-order valence-corrected chi connectivity index (χ0v) is 13.1. The average molecular weight is 300 g/mol. The molecule has 0 heterocycles. The molecule has 2 rings (SSSR count). The first kappa shape index (κ1) is 15.9. The highest BCUT2D eigenvalue weighted by Crippen LogP contribution is 2.30. The summed E-state index contributed by atoms with van der Waals surface area (Å²) in [7, 11) is 1.55. The van der Waals surface area contributed by atoms with E-state index in [1.54, 1.807) is 25.3 Å². The second kappa shape index (κ2) is 7.50. The van der Waals surface area contributed by atoms with Crippen molar-refractivity contribution in [2.45, 2.75) is 13.8 Å². The van der Waals surface area contributed by atoms with E-state index in [9.17, 15) is 4.79 Å². The van der Waals surface area contributed by atoms with E-state index in [1.165, 1.54) is 0 Å². The van der Waals surface area contributed by atoms with Crippen molar-refractivity contribution >= 4 is 6.29 Å². The third kappa shape index (κ3) is 3.79. The number of methoxy groups -OCH3 is 1. The fraction of sp³-hybridized carbons (Fsp3) is 0.278. The summed E-state index contributed by atoms with van der Waals surface area (Å²) in [6.07, 6.45) is 0.753. The topological polar surface area (TPSA) is 44.8 Å². The number of hydrogen-bond donors (Lipinski definition) is 0. The molecule has 0 saturated carbocycles. The number of hydrogen-bond acceptors (Lipinski definition) is 4. The first-order valence-corrected chi connectivity index (χ1v) is 7.10. The van der Waals surface area contributed by atoms with Crippen molar-refractivity contribution in [1.82, 2.24) is 0 Å². The zero-order chi connectivity index (χ0) is 15.9. The van der Waals surface area contributed by atoms with Crippen LogP contribution in [0.4, 0.5) is 0 Å². The molecule has 0 atom stereocenters. The Morgan fingerprint density at radius 1 is 1.00 bits per heavy atom. The van der Waals surface area contributed by atoms with Gasteiger partial charge in [0, 0.05) is 0 Å². The van der Waals surface area contributed by atoms with Crippen LogP contribution >= 0.6 is 0 Å². The lowest BCUT2D eigenvalue weighted by Crippen LogP contribution is -2.11. The molecule has 0 N–H and O–H groups in total. The highest BCUT2D eigenvalue weighted by atomic mass is 16.5. The molecule has 0 saturated heterocycles. The van der Waals surface area contributed by atoms with Crippen LogP contribution in [0.5, 0.6) is 17.2 Å². The number of aryl methyl sites for hydroxylation is 2. The van der Waals surface area contributed by atoms with Crippen LogP contribution in [-0.4, -0.2) is 26.6 Å². The second-order valence-electron chi connectivity index (χ2n) is 4.96. The van der Waals surface area contributed by atoms with Gasteiger partial charge in [-0.3, -0.25) is 4.79 Å². The van der Waals surface area contributed by atoms with Crippen molar-refractivity contribution in [1.29, 1.82) is 0 Å². The minimum atomic E-state index is 0.328. The molecule has 0 fully saturated rings. The molecular formula is C18H20O4. The maximum Gasteiger partial charge on any atom is 0.171 e. The van der Waals surface area contributed by atoms with Gasteiger partial charge in [-0.25, -0.2) is 0 Å². The Morgan fingerprint density at radius 3 is 2.50 bits per heavy atom. The highest BCUT2D eigenvalue weighted by Gasteiger charge is 2.10. The SMILES string of the molecule is COc1cccc(C=O)c1OCCOc1cc(C)ccc1C. The summed E-state index contributed by atoms with van der Waals surface area (Å²) in [5, 5.41) is 0. The van der Waals surface area contributed by atoms with E-state index in [0.717, 1.165) is 23.2 Å². The summed E-state index contributed by atoms with van der Waals surface area (Å²) in [6, 6.07) is 11.3. The molecule has 116 valence electrons. The first-order chi connectivity index (χ1) is 10.7. The Labute approximate surface area is 130 Å². The second-order valence-corrected chi connectivity index (χ2v) is 4.96. The van der Waals surface area contributed by atoms with E-state index in [0.29, 0.717) is 30.3 Å². The molecule has 0 aliphatic rings. The number of para-hydroxylation sites is 1. The lowest BCUT2D eigenvalue weighted by molar-refractivity contribution is 0.111. The van der Waals surface area contributed by atoms with Crippen LogP contribution in [0.15, 0.2) is 36.4 Å². The smallest absolute Gasteiger partial charge is 0.171 e. The van der Waals surface area contributed by atoms with Gasteiger partial charge in [0.05, 0.1) is 12.7 Å². The average Bonchev–Trinajstić information content (AvgIpc) is 2.54. The molecule has 0 aliphatic carbocycles. The van der Waals surface area contributed by atoms with E-state index in [1.807, 2.05) is 32.0 Å². The summed E-state index contributed by atoms with van der Waals surface area (Å²) in [4.78, 5) is 11.1. The third-order valence-electron chi connectivity index (χ3n) is 3.29. The lowest BCUT2D eigenvalue weighted by atomic mass is 10.1. The summed E-state index contributed by atoms with van der Waals surface area (Å²) < 4.78 is 16.6. The molecule has 0 aromatic heterocycles. The molecule has 2 aromatic rings. The van der Waals surface area contributed by atoms with E-state index in [-0.39, 0.29) is 0 Å². The zero-order valence-electron chi connectivity index (χ0n) is 13.1. The van der Waals surface area contributed by atoms with E-state index in [4.69, 9.17) is 14.2 Å². The van der Waals surface area contributed by atoms with Crippen LogP contribution in [0.2, 0.25) is 0 Å². The van der Waals surface area contributed by atoms with Gasteiger partial charge < -0.3 is 14.2 Å². The van der Waals surface area contributed by atoms with E-state index >= 15 is 0 Å². The summed E-state index contributed by atoms with van der Waals surface area (Å²) in [5.74, 6) is 1.83. The number of benzene rings is 2. The number of carbonyl (C=O) groups is 1. The van der Waals surface area contributed by atoms with Gasteiger partial charge in [-0.1, -0.05) is 18.2 Å². The van der Waals surface area contributed by atoms with Gasteiger partial charge in [0.25, 0.3) is 0 Å². The van der Waals surface area contributed by atoms with Gasteiger partial charge in [-0.05, 0) is 43.2 Å². The fourth-order valence-corrected chi connectivity index (χ4v) is 2.10. The van der Waals surface area contributed by atoms with Crippen molar-refractivity contribution in [3.8, 4) is 17.2 Å². The van der Waals surface area contributed by atoms with Crippen LogP contribution in [0.1, 0.15) is 21.5 Å². The standard InChI is InChI=1S/C18H20O4/c1-13-7-8-14(2)17(11-13)21-9-10-22-18-15(12-19)5-4-6-16(18)20-3/h4-8,11-12H,9-10H2,1-3H3. The fourth-order valence-electron chi connectivity index (χ4n) is 2.10. The van der Waals surface area contributed by atoms with Gasteiger partial charge in [-0.2, -0.15) is 0 Å². The van der Waals surface area contributed by atoms with E-state index in [2.05, 4.69) is 0 Å². The first-order valence-electron chi connectivity index (χ1n) is 7.10. The largest absolute Gasteiger partial charge is 0.493 e. The number of rotatable bonds is 7. The molecule has 2 aromatic carbocycles. The van der Waals surface area contributed by atoms with Crippen molar-refractivity contribution in [3.05, 3.63) is 53.1 Å². The summed E-state index contributed by atoms with van der Waals surface area (Å²) in [5.41, 5.74) is 2.69. The van der Waals surface area contributed by atoms with Gasteiger partial charge in [-0.15, -0.1) is 0 Å². The monoisotopic (exact) mass is 300 g/mol. The number of carbonyl (C=O) groups excluding carboxylic acids is 1. The minimum Gasteiger partial charge on any atom is -0.493 e. The van der Waals surface area contributed by atoms with Crippen molar-refractivity contribution in [2.24, 2.45) is 0 Å². The molecule has 4 heteroatoms. The molecule has 0 bridgehead atoms. The van der Waals surface area contributed by atoms with Crippen LogP contribution in [0.3, 0.4) is 0 Å². The molecule has 0 amide bonds. The predicted octanol–water partition coefficient (Wildman–Crippen LogP) is 3.58. The number of ether oxygens (including phenoxy) is 3. The molecule has 0 aliphatic heterocycles. The van der Waals surface area contributed by atoms with Crippen molar-refractivity contribution in [3.63, 3.8) is 0 Å². The number of aldehydes is 1. The van der Waals surface area contributed by atoms with Gasteiger partial charge >= 0.3 is 0 Å². The Kier molecular flexibility index (Phi) is 5.42. The Bertz CT molecular complexity index is 650. The summed E-state index contributed by atoms with van der Waals surface area (Å²) >= 11 is 0. The normalized spacial score (nSPS) is 10.1. The van der Waals surface area contributed by atoms with Crippen molar-refractivity contribution < 1.29 is 19.0 Å². The molecule has 4 nitrogen and oxygen atoms in total.